The largest absolute Gasteiger partial charge is 0.0990 e. The lowest BCUT2D eigenvalue weighted by Crippen LogP contribution is -2.24. The topological polar surface area (TPSA) is 0 Å². The molecule has 0 unspecified atom stereocenters. The molecule has 0 atom stereocenters. The minimum Gasteiger partial charge on any atom is -0.0990 e. The van der Waals surface area contributed by atoms with E-state index in [9.17, 15) is 0 Å². The first-order valence-corrected chi connectivity index (χ1v) is 7.30. The van der Waals surface area contributed by atoms with E-state index < -0.39 is 0 Å². The Hall–Kier alpha value is -1.56. The Morgan fingerprint density at radius 2 is 1.68 bits per heavy atom. The highest BCUT2D eigenvalue weighted by atomic mass is 14.0. The second-order valence-electron chi connectivity index (χ2n) is 3.51. The van der Waals surface area contributed by atoms with Crippen LogP contribution in [0, 0.1) is 0 Å². The minimum atomic E-state index is 1.04. The Balaban J connectivity index is 0. The van der Waals surface area contributed by atoms with E-state index in [0.717, 1.165) is 16.9 Å². The number of benzene rings is 1. The molecule has 0 aromatic heterocycles. The molecule has 0 fully saturated rings. The van der Waals surface area contributed by atoms with Crippen LogP contribution in [0.3, 0.4) is 0 Å². The van der Waals surface area contributed by atoms with Gasteiger partial charge in [-0.1, -0.05) is 78.1 Å². The van der Waals surface area contributed by atoms with Crippen molar-refractivity contribution in [1.82, 2.24) is 0 Å². The van der Waals surface area contributed by atoms with Crippen molar-refractivity contribution < 1.29 is 0 Å². The van der Waals surface area contributed by atoms with Crippen LogP contribution in [-0.2, 0) is 6.42 Å². The van der Waals surface area contributed by atoms with Gasteiger partial charge in [-0.2, -0.15) is 0 Å². The van der Waals surface area contributed by atoms with Crippen LogP contribution in [0.2, 0.25) is 0 Å². The molecular formula is C19H30. The highest BCUT2D eigenvalue weighted by Crippen LogP contribution is 2.07. The second-order valence-corrected chi connectivity index (χ2v) is 3.51. The van der Waals surface area contributed by atoms with Gasteiger partial charge in [0.1, 0.15) is 0 Å². The molecule has 0 radical (unpaired) electrons. The van der Waals surface area contributed by atoms with Gasteiger partial charge in [-0.25, -0.2) is 0 Å². The van der Waals surface area contributed by atoms with Crippen LogP contribution in [0.25, 0.3) is 18.7 Å². The first-order chi connectivity index (χ1) is 9.22. The first kappa shape index (κ1) is 19.8. The first-order valence-electron chi connectivity index (χ1n) is 7.30. The predicted octanol–water partition coefficient (Wildman–Crippen LogP) is 4.71. The number of hydrogen-bond donors (Lipinski definition) is 0. The third kappa shape index (κ3) is 6.81. The molecule has 0 heterocycles. The van der Waals surface area contributed by atoms with Crippen molar-refractivity contribution in [2.24, 2.45) is 0 Å². The van der Waals surface area contributed by atoms with E-state index in [4.69, 9.17) is 0 Å². The van der Waals surface area contributed by atoms with Crippen LogP contribution in [-0.4, -0.2) is 0 Å². The summed E-state index contributed by atoms with van der Waals surface area (Å²) in [4.78, 5) is 0. The normalized spacial score (nSPS) is 10.3. The highest BCUT2D eigenvalue weighted by Gasteiger charge is 1.96. The van der Waals surface area contributed by atoms with E-state index in [2.05, 4.69) is 44.4 Å². The smallest absolute Gasteiger partial charge is 0.0187 e. The molecule has 19 heavy (non-hydrogen) atoms. The van der Waals surface area contributed by atoms with Crippen LogP contribution < -0.4 is 10.4 Å². The van der Waals surface area contributed by atoms with Crippen molar-refractivity contribution in [2.45, 2.75) is 48.0 Å². The lowest BCUT2D eigenvalue weighted by atomic mass is 10.0. The van der Waals surface area contributed by atoms with Crippen molar-refractivity contribution in [3.05, 3.63) is 52.4 Å². The van der Waals surface area contributed by atoms with Gasteiger partial charge in [0.05, 0.1) is 0 Å². The van der Waals surface area contributed by atoms with Gasteiger partial charge >= 0.3 is 0 Å². The molecule has 1 aromatic carbocycles. The van der Waals surface area contributed by atoms with Crippen LogP contribution in [0.1, 0.15) is 52.7 Å². The van der Waals surface area contributed by atoms with E-state index in [-0.39, 0.29) is 0 Å². The molecule has 0 aliphatic heterocycles. The molecule has 0 aliphatic rings. The molecule has 0 bridgehead atoms. The third-order valence-electron chi connectivity index (χ3n) is 2.43. The zero-order valence-corrected chi connectivity index (χ0v) is 13.6. The van der Waals surface area contributed by atoms with E-state index >= 15 is 0 Å². The SMILES string of the molecule is C=C/C=c1/cc(CC)c(/C=C\C)cc1=C.CC.CC. The molecule has 1 rings (SSSR count). The molecule has 0 saturated heterocycles. The quantitative estimate of drug-likeness (QED) is 0.736. The summed E-state index contributed by atoms with van der Waals surface area (Å²) < 4.78 is 0. The van der Waals surface area contributed by atoms with Crippen molar-refractivity contribution in [3.8, 4) is 0 Å². The van der Waals surface area contributed by atoms with Gasteiger partial charge in [0.25, 0.3) is 0 Å². The Morgan fingerprint density at radius 3 is 2.11 bits per heavy atom. The van der Waals surface area contributed by atoms with E-state index in [0.29, 0.717) is 0 Å². The number of hydrogen-bond acceptors (Lipinski definition) is 0. The van der Waals surface area contributed by atoms with Gasteiger partial charge in [0.15, 0.2) is 0 Å². The predicted molar refractivity (Wildman–Crippen MR) is 92.7 cm³/mol. The van der Waals surface area contributed by atoms with E-state index in [1.165, 1.54) is 11.1 Å². The molecule has 0 heteroatoms. The Morgan fingerprint density at radius 1 is 1.11 bits per heavy atom. The van der Waals surface area contributed by atoms with Gasteiger partial charge in [0.2, 0.25) is 0 Å². The number of aryl methyl sites for hydroxylation is 1. The molecule has 0 spiro atoms. The van der Waals surface area contributed by atoms with Crippen LogP contribution in [0.15, 0.2) is 30.9 Å². The summed E-state index contributed by atoms with van der Waals surface area (Å²) in [6.07, 6.45) is 9.04. The van der Waals surface area contributed by atoms with Crippen LogP contribution in [0.4, 0.5) is 0 Å². The lowest BCUT2D eigenvalue weighted by Gasteiger charge is -2.03. The average Bonchev–Trinajstić information content (AvgIpc) is 2.46. The maximum atomic E-state index is 4.04. The zero-order chi connectivity index (χ0) is 15.3. The molecule has 1 aromatic rings. The summed E-state index contributed by atoms with van der Waals surface area (Å²) >= 11 is 0. The maximum Gasteiger partial charge on any atom is -0.0187 e. The molecule has 0 aliphatic carbocycles. The van der Waals surface area contributed by atoms with Crippen molar-refractivity contribution >= 4 is 18.7 Å². The fourth-order valence-electron chi connectivity index (χ4n) is 1.65. The fourth-order valence-corrected chi connectivity index (χ4v) is 1.65. The number of allylic oxidation sites excluding steroid dienone is 2. The fraction of sp³-hybridized carbons (Fsp3) is 0.368. The third-order valence-corrected chi connectivity index (χ3v) is 2.43. The molecule has 0 amide bonds. The summed E-state index contributed by atoms with van der Waals surface area (Å²) in [7, 11) is 0. The van der Waals surface area contributed by atoms with Gasteiger partial charge in [-0.05, 0) is 41.0 Å². The lowest BCUT2D eigenvalue weighted by molar-refractivity contribution is 1.12. The van der Waals surface area contributed by atoms with Crippen molar-refractivity contribution in [1.29, 1.82) is 0 Å². The summed E-state index contributed by atoms with van der Waals surface area (Å²) in [6, 6.07) is 4.33. The van der Waals surface area contributed by atoms with Crippen LogP contribution in [0.5, 0.6) is 0 Å². The van der Waals surface area contributed by atoms with Crippen molar-refractivity contribution in [3.63, 3.8) is 0 Å². The molecule has 0 nitrogen and oxygen atoms in total. The maximum absolute atomic E-state index is 4.04. The Kier molecular flexibility index (Phi) is 13.4. The molecule has 0 N–H and O–H groups in total. The second kappa shape index (κ2) is 12.9. The summed E-state index contributed by atoms with van der Waals surface area (Å²) in [5.74, 6) is 0. The number of rotatable bonds is 3. The van der Waals surface area contributed by atoms with Crippen LogP contribution >= 0.6 is 0 Å². The summed E-state index contributed by atoms with van der Waals surface area (Å²) in [6.45, 7) is 20.0. The standard InChI is InChI=1S/C15H18.2C2H6/c1-5-8-14-11-13(7-3)15(9-6-2)10-12(14)4;2*1-2/h5-6,8-11H,1,4,7H2,2-3H3;2*1-2H3/b9-6-,14-8-;;. The Bertz CT molecular complexity index is 475. The highest BCUT2D eigenvalue weighted by molar-refractivity contribution is 5.55. The molecule has 0 saturated carbocycles. The van der Waals surface area contributed by atoms with Gasteiger partial charge in [-0.15, -0.1) is 0 Å². The van der Waals surface area contributed by atoms with E-state index in [1.807, 2.05) is 40.7 Å². The zero-order valence-electron chi connectivity index (χ0n) is 13.6. The summed E-state index contributed by atoms with van der Waals surface area (Å²) in [5.41, 5.74) is 2.62. The molecule has 106 valence electrons. The molecular weight excluding hydrogens is 228 g/mol. The van der Waals surface area contributed by atoms with Gasteiger partial charge < -0.3 is 0 Å². The average molecular weight is 258 g/mol. The summed E-state index contributed by atoms with van der Waals surface area (Å²) in [5, 5.41) is 2.22. The van der Waals surface area contributed by atoms with Gasteiger partial charge in [-0.3, -0.25) is 0 Å². The monoisotopic (exact) mass is 258 g/mol. The minimum absolute atomic E-state index is 1.04. The van der Waals surface area contributed by atoms with Crippen molar-refractivity contribution in [2.75, 3.05) is 0 Å². The Labute approximate surface area is 119 Å². The van der Waals surface area contributed by atoms with E-state index in [1.54, 1.807) is 6.08 Å². The van der Waals surface area contributed by atoms with Gasteiger partial charge in [0, 0.05) is 0 Å².